The standard InChI is InChI=1S/C17H29N3O.ClH/c1-14(2)20(15-9-7-6-8-10-15)16(21)11-19(5)13-17(3,4)12-18;/h6-10,14H,11-13,18H2,1-5H3;1H. The number of rotatable bonds is 7. The lowest BCUT2D eigenvalue weighted by molar-refractivity contribution is -0.120. The summed E-state index contributed by atoms with van der Waals surface area (Å²) in [7, 11) is 1.97. The molecule has 0 saturated heterocycles. The van der Waals surface area contributed by atoms with Crippen LogP contribution in [0.4, 0.5) is 5.69 Å². The highest BCUT2D eigenvalue weighted by Crippen LogP contribution is 2.18. The van der Waals surface area contributed by atoms with E-state index in [9.17, 15) is 4.79 Å². The van der Waals surface area contributed by atoms with Crippen LogP contribution in [0.1, 0.15) is 27.7 Å². The molecule has 0 spiro atoms. The number of hydrogen-bond donors (Lipinski definition) is 1. The monoisotopic (exact) mass is 327 g/mol. The summed E-state index contributed by atoms with van der Waals surface area (Å²) in [6.07, 6.45) is 0. The number of carbonyl (C=O) groups is 1. The van der Waals surface area contributed by atoms with Crippen molar-refractivity contribution in [2.75, 3.05) is 31.6 Å². The van der Waals surface area contributed by atoms with Crippen LogP contribution >= 0.6 is 12.4 Å². The second kappa shape index (κ2) is 9.13. The predicted molar refractivity (Wildman–Crippen MR) is 96.6 cm³/mol. The highest BCUT2D eigenvalue weighted by molar-refractivity contribution is 5.95. The Hall–Kier alpha value is -1.10. The number of amides is 1. The molecule has 0 saturated carbocycles. The molecular weight excluding hydrogens is 298 g/mol. The number of nitrogens with zero attached hydrogens (tertiary/aromatic N) is 2. The molecule has 0 aliphatic rings. The minimum absolute atomic E-state index is 0. The van der Waals surface area contributed by atoms with Crippen LogP contribution in [0.25, 0.3) is 0 Å². The van der Waals surface area contributed by atoms with Crippen molar-refractivity contribution in [3.8, 4) is 0 Å². The van der Waals surface area contributed by atoms with Crippen LogP contribution in [-0.4, -0.2) is 43.5 Å². The quantitative estimate of drug-likeness (QED) is 0.837. The van der Waals surface area contributed by atoms with E-state index in [2.05, 4.69) is 13.8 Å². The Morgan fingerprint density at radius 1 is 1.23 bits per heavy atom. The SMILES string of the molecule is CC(C)N(C(=O)CN(C)CC(C)(C)CN)c1ccccc1.Cl. The van der Waals surface area contributed by atoms with E-state index < -0.39 is 0 Å². The number of likely N-dealkylation sites (N-methyl/N-ethyl adjacent to an activating group) is 1. The Morgan fingerprint density at radius 2 is 1.77 bits per heavy atom. The molecule has 1 aromatic rings. The highest BCUT2D eigenvalue weighted by atomic mass is 35.5. The Labute approximate surface area is 141 Å². The molecule has 0 heterocycles. The fourth-order valence-electron chi connectivity index (χ4n) is 2.48. The normalized spacial score (nSPS) is 11.5. The number of hydrogen-bond acceptors (Lipinski definition) is 3. The summed E-state index contributed by atoms with van der Waals surface area (Å²) in [5.41, 5.74) is 6.73. The lowest BCUT2D eigenvalue weighted by atomic mass is 9.93. The van der Waals surface area contributed by atoms with Crippen molar-refractivity contribution in [3.05, 3.63) is 30.3 Å². The molecule has 126 valence electrons. The molecule has 0 fully saturated rings. The molecule has 2 N–H and O–H groups in total. The van der Waals surface area contributed by atoms with Crippen LogP contribution in [0.3, 0.4) is 0 Å². The van der Waals surface area contributed by atoms with Gasteiger partial charge in [0.1, 0.15) is 0 Å². The molecule has 1 amide bonds. The van der Waals surface area contributed by atoms with Gasteiger partial charge in [0.2, 0.25) is 5.91 Å². The van der Waals surface area contributed by atoms with Gasteiger partial charge in [-0.2, -0.15) is 0 Å². The summed E-state index contributed by atoms with van der Waals surface area (Å²) in [6.45, 7) is 10.1. The lowest BCUT2D eigenvalue weighted by Gasteiger charge is -2.32. The first-order valence-electron chi connectivity index (χ1n) is 7.52. The van der Waals surface area contributed by atoms with Crippen molar-refractivity contribution >= 4 is 24.0 Å². The summed E-state index contributed by atoms with van der Waals surface area (Å²) in [6, 6.07) is 9.96. The zero-order valence-corrected chi connectivity index (χ0v) is 15.2. The van der Waals surface area contributed by atoms with E-state index in [4.69, 9.17) is 5.73 Å². The Balaban J connectivity index is 0.00000441. The third-order valence-corrected chi connectivity index (χ3v) is 3.48. The number of carbonyl (C=O) groups excluding carboxylic acids is 1. The Bertz CT molecular complexity index is 448. The van der Waals surface area contributed by atoms with Gasteiger partial charge in [0, 0.05) is 18.3 Å². The molecule has 1 rings (SSSR count). The Morgan fingerprint density at radius 3 is 2.23 bits per heavy atom. The van der Waals surface area contributed by atoms with E-state index >= 15 is 0 Å². The lowest BCUT2D eigenvalue weighted by Crippen LogP contribution is -2.45. The first-order valence-corrected chi connectivity index (χ1v) is 7.52. The van der Waals surface area contributed by atoms with Crippen LogP contribution < -0.4 is 10.6 Å². The maximum absolute atomic E-state index is 12.6. The molecule has 1 aromatic carbocycles. The van der Waals surface area contributed by atoms with Crippen molar-refractivity contribution in [1.82, 2.24) is 4.90 Å². The number of para-hydroxylation sites is 1. The minimum atomic E-state index is 0. The van der Waals surface area contributed by atoms with Gasteiger partial charge < -0.3 is 10.6 Å². The van der Waals surface area contributed by atoms with E-state index in [1.54, 1.807) is 0 Å². The summed E-state index contributed by atoms with van der Waals surface area (Å²) in [5, 5.41) is 0. The van der Waals surface area contributed by atoms with E-state index in [1.807, 2.05) is 61.0 Å². The summed E-state index contributed by atoms with van der Waals surface area (Å²) >= 11 is 0. The molecule has 5 heteroatoms. The van der Waals surface area contributed by atoms with Gasteiger partial charge in [-0.15, -0.1) is 12.4 Å². The average molecular weight is 328 g/mol. The van der Waals surface area contributed by atoms with E-state index in [-0.39, 0.29) is 29.8 Å². The summed E-state index contributed by atoms with van der Waals surface area (Å²) in [4.78, 5) is 16.5. The van der Waals surface area contributed by atoms with Crippen LogP contribution in [0.15, 0.2) is 30.3 Å². The first-order chi connectivity index (χ1) is 9.76. The number of nitrogens with two attached hydrogens (primary N) is 1. The second-order valence-corrected chi connectivity index (χ2v) is 6.73. The zero-order chi connectivity index (χ0) is 16.0. The molecule has 0 unspecified atom stereocenters. The van der Waals surface area contributed by atoms with Crippen LogP contribution in [0.5, 0.6) is 0 Å². The predicted octanol–water partition coefficient (Wildman–Crippen LogP) is 2.77. The summed E-state index contributed by atoms with van der Waals surface area (Å²) in [5.74, 6) is 0.117. The fraction of sp³-hybridized carbons (Fsp3) is 0.588. The maximum atomic E-state index is 12.6. The second-order valence-electron chi connectivity index (χ2n) is 6.73. The van der Waals surface area contributed by atoms with Crippen LogP contribution in [0, 0.1) is 5.41 Å². The van der Waals surface area contributed by atoms with Crippen molar-refractivity contribution in [2.24, 2.45) is 11.1 Å². The summed E-state index contributed by atoms with van der Waals surface area (Å²) < 4.78 is 0. The molecule has 0 aliphatic heterocycles. The third-order valence-electron chi connectivity index (χ3n) is 3.48. The molecule has 0 atom stereocenters. The van der Waals surface area contributed by atoms with Gasteiger partial charge in [0.05, 0.1) is 6.54 Å². The van der Waals surface area contributed by atoms with Gasteiger partial charge in [0.15, 0.2) is 0 Å². The van der Waals surface area contributed by atoms with Gasteiger partial charge in [-0.25, -0.2) is 0 Å². The average Bonchev–Trinajstić information content (AvgIpc) is 2.38. The molecule has 0 aliphatic carbocycles. The van der Waals surface area contributed by atoms with Crippen molar-refractivity contribution in [2.45, 2.75) is 33.7 Å². The maximum Gasteiger partial charge on any atom is 0.241 e. The van der Waals surface area contributed by atoms with Crippen LogP contribution in [-0.2, 0) is 4.79 Å². The van der Waals surface area contributed by atoms with Crippen molar-refractivity contribution in [3.63, 3.8) is 0 Å². The van der Waals surface area contributed by atoms with Crippen molar-refractivity contribution in [1.29, 1.82) is 0 Å². The largest absolute Gasteiger partial charge is 0.330 e. The van der Waals surface area contributed by atoms with Gasteiger partial charge in [-0.3, -0.25) is 9.69 Å². The zero-order valence-electron chi connectivity index (χ0n) is 14.4. The Kier molecular flexibility index (Phi) is 8.68. The number of benzene rings is 1. The van der Waals surface area contributed by atoms with E-state index in [1.165, 1.54) is 0 Å². The number of anilines is 1. The topological polar surface area (TPSA) is 49.6 Å². The van der Waals surface area contributed by atoms with Gasteiger partial charge >= 0.3 is 0 Å². The molecule has 0 radical (unpaired) electrons. The number of halogens is 1. The van der Waals surface area contributed by atoms with Gasteiger partial charge in [-0.1, -0.05) is 32.0 Å². The molecule has 0 bridgehead atoms. The minimum Gasteiger partial charge on any atom is -0.330 e. The smallest absolute Gasteiger partial charge is 0.241 e. The van der Waals surface area contributed by atoms with Gasteiger partial charge in [0.25, 0.3) is 0 Å². The van der Waals surface area contributed by atoms with Crippen molar-refractivity contribution < 1.29 is 4.79 Å². The van der Waals surface area contributed by atoms with E-state index in [0.29, 0.717) is 13.1 Å². The molecule has 0 aromatic heterocycles. The third kappa shape index (κ3) is 6.34. The fourth-order valence-corrected chi connectivity index (χ4v) is 2.48. The van der Waals surface area contributed by atoms with E-state index in [0.717, 1.165) is 12.2 Å². The van der Waals surface area contributed by atoms with Gasteiger partial charge in [-0.05, 0) is 45.0 Å². The molecular formula is C17H30ClN3O. The first kappa shape index (κ1) is 20.9. The molecule has 4 nitrogen and oxygen atoms in total. The van der Waals surface area contributed by atoms with Crippen LogP contribution in [0.2, 0.25) is 0 Å². The highest BCUT2D eigenvalue weighted by Gasteiger charge is 2.23. The molecule has 22 heavy (non-hydrogen) atoms.